The van der Waals surface area contributed by atoms with E-state index in [9.17, 15) is 0 Å². The van der Waals surface area contributed by atoms with Crippen molar-refractivity contribution >= 4 is 0 Å². The zero-order chi connectivity index (χ0) is 13.6. The first-order valence-electron chi connectivity index (χ1n) is 6.54. The van der Waals surface area contributed by atoms with Crippen LogP contribution in [0.4, 0.5) is 0 Å². The van der Waals surface area contributed by atoms with Crippen LogP contribution >= 0.6 is 0 Å². The molecule has 2 aromatic heterocycles. The second kappa shape index (κ2) is 6.12. The van der Waals surface area contributed by atoms with Crippen molar-refractivity contribution in [2.45, 2.75) is 13.0 Å². The largest absolute Gasteiger partial charge is 0.312 e. The van der Waals surface area contributed by atoms with E-state index in [4.69, 9.17) is 0 Å². The summed E-state index contributed by atoms with van der Waals surface area (Å²) < 4.78 is 1.99. The molecule has 0 saturated heterocycles. The molecule has 6 nitrogen and oxygen atoms in total. The maximum Gasteiger partial charge on any atom is 0.137 e. The van der Waals surface area contributed by atoms with E-state index in [1.807, 2.05) is 10.8 Å². The van der Waals surface area contributed by atoms with Gasteiger partial charge >= 0.3 is 0 Å². The fourth-order valence-electron chi connectivity index (χ4n) is 1.99. The molecule has 102 valence electrons. The molecule has 0 bridgehead atoms. The fraction of sp³-hybridized carbons (Fsp3) is 0.214. The maximum absolute atomic E-state index is 4.09. The number of aromatic nitrogens is 5. The molecule has 0 aliphatic heterocycles. The van der Waals surface area contributed by atoms with E-state index in [0.29, 0.717) is 0 Å². The molecule has 6 heteroatoms. The molecule has 0 atom stereocenters. The molecule has 0 spiro atoms. The van der Waals surface area contributed by atoms with Crippen molar-refractivity contribution in [2.75, 3.05) is 6.54 Å². The summed E-state index contributed by atoms with van der Waals surface area (Å²) in [5, 5.41) is 10.1. The maximum atomic E-state index is 4.09. The van der Waals surface area contributed by atoms with Crippen LogP contribution in [-0.4, -0.2) is 31.3 Å². The highest BCUT2D eigenvalue weighted by Gasteiger charge is 1.98. The minimum atomic E-state index is 0.846. The van der Waals surface area contributed by atoms with Crippen molar-refractivity contribution in [3.05, 3.63) is 60.7 Å². The Labute approximate surface area is 116 Å². The summed E-state index contributed by atoms with van der Waals surface area (Å²) in [5.41, 5.74) is 2.37. The second-order valence-electron chi connectivity index (χ2n) is 4.50. The van der Waals surface area contributed by atoms with Crippen molar-refractivity contribution in [1.29, 1.82) is 0 Å². The third-order valence-corrected chi connectivity index (χ3v) is 3.07. The molecule has 0 radical (unpaired) electrons. The number of nitrogens with one attached hydrogen (secondary N) is 2. The minimum absolute atomic E-state index is 0.846. The van der Waals surface area contributed by atoms with Gasteiger partial charge in [-0.25, -0.2) is 9.97 Å². The predicted octanol–water partition coefficient (Wildman–Crippen LogP) is 1.32. The van der Waals surface area contributed by atoms with Crippen LogP contribution in [0.2, 0.25) is 0 Å². The Balaban J connectivity index is 1.48. The molecule has 20 heavy (non-hydrogen) atoms. The van der Waals surface area contributed by atoms with Crippen LogP contribution in [-0.2, 0) is 13.0 Å². The normalized spacial score (nSPS) is 10.8. The van der Waals surface area contributed by atoms with E-state index in [0.717, 1.165) is 31.0 Å². The molecule has 0 fully saturated rings. The molecule has 0 aliphatic carbocycles. The molecule has 3 rings (SSSR count). The van der Waals surface area contributed by atoms with Gasteiger partial charge in [-0.15, -0.1) is 0 Å². The third kappa shape index (κ3) is 3.10. The van der Waals surface area contributed by atoms with Crippen LogP contribution in [0, 0.1) is 0 Å². The second-order valence-corrected chi connectivity index (χ2v) is 4.50. The zero-order valence-electron chi connectivity index (χ0n) is 11.0. The number of benzene rings is 1. The topological polar surface area (TPSA) is 71.4 Å². The molecule has 2 heterocycles. The Morgan fingerprint density at radius 2 is 2.10 bits per heavy atom. The van der Waals surface area contributed by atoms with Crippen molar-refractivity contribution in [1.82, 2.24) is 30.0 Å². The summed E-state index contributed by atoms with van der Waals surface area (Å²) in [6.45, 7) is 1.72. The lowest BCUT2D eigenvalue weighted by atomic mass is 10.2. The quantitative estimate of drug-likeness (QED) is 0.661. The average molecular weight is 268 g/mol. The minimum Gasteiger partial charge on any atom is -0.312 e. The first-order chi connectivity index (χ1) is 9.92. The van der Waals surface area contributed by atoms with Gasteiger partial charge in [0.2, 0.25) is 0 Å². The number of rotatable bonds is 6. The standard InChI is InChI=1S/C14H16N6/c1-3-13(20-8-7-16-11-20)4-2-12(1)9-15-6-5-14-17-10-18-19-14/h1-4,7-8,10-11,15H,5-6,9H2,(H,17,18,19). The Hall–Kier alpha value is -2.47. The SMILES string of the molecule is c1cn(-c2ccc(CNCCc3ncn[nH]3)cc2)cn1. The van der Waals surface area contributed by atoms with Crippen LogP contribution in [0.3, 0.4) is 0 Å². The molecular formula is C14H16N6. The van der Waals surface area contributed by atoms with E-state index < -0.39 is 0 Å². The summed E-state index contributed by atoms with van der Waals surface area (Å²) in [6, 6.07) is 8.43. The Morgan fingerprint density at radius 1 is 1.20 bits per heavy atom. The summed E-state index contributed by atoms with van der Waals surface area (Å²) in [5.74, 6) is 0.910. The fourth-order valence-corrected chi connectivity index (χ4v) is 1.99. The van der Waals surface area contributed by atoms with Gasteiger partial charge < -0.3 is 9.88 Å². The van der Waals surface area contributed by atoms with E-state index in [2.05, 4.69) is 49.7 Å². The van der Waals surface area contributed by atoms with Crippen LogP contribution in [0.1, 0.15) is 11.4 Å². The summed E-state index contributed by atoms with van der Waals surface area (Å²) >= 11 is 0. The van der Waals surface area contributed by atoms with Gasteiger partial charge in [-0.1, -0.05) is 12.1 Å². The van der Waals surface area contributed by atoms with E-state index in [1.165, 1.54) is 11.9 Å². The van der Waals surface area contributed by atoms with Gasteiger partial charge in [-0.2, -0.15) is 5.10 Å². The smallest absolute Gasteiger partial charge is 0.137 e. The Kier molecular flexibility index (Phi) is 3.84. The summed E-state index contributed by atoms with van der Waals surface area (Å²) in [6.07, 6.45) is 7.89. The van der Waals surface area contributed by atoms with Crippen molar-refractivity contribution in [2.24, 2.45) is 0 Å². The highest BCUT2D eigenvalue weighted by molar-refractivity contribution is 5.34. The van der Waals surface area contributed by atoms with Crippen LogP contribution in [0.5, 0.6) is 0 Å². The lowest BCUT2D eigenvalue weighted by Crippen LogP contribution is -2.17. The van der Waals surface area contributed by atoms with Gasteiger partial charge in [-0.3, -0.25) is 5.10 Å². The van der Waals surface area contributed by atoms with Crippen molar-refractivity contribution < 1.29 is 0 Å². The number of nitrogens with zero attached hydrogens (tertiary/aromatic N) is 4. The van der Waals surface area contributed by atoms with E-state index >= 15 is 0 Å². The van der Waals surface area contributed by atoms with Gasteiger partial charge in [0, 0.05) is 37.6 Å². The van der Waals surface area contributed by atoms with Gasteiger partial charge in [0.1, 0.15) is 12.2 Å². The monoisotopic (exact) mass is 268 g/mol. The highest BCUT2D eigenvalue weighted by Crippen LogP contribution is 2.09. The molecule has 2 N–H and O–H groups in total. The van der Waals surface area contributed by atoms with Gasteiger partial charge in [0.15, 0.2) is 0 Å². The molecule has 1 aromatic carbocycles. The number of hydrogen-bond acceptors (Lipinski definition) is 4. The molecule has 0 unspecified atom stereocenters. The Bertz CT molecular complexity index is 612. The highest BCUT2D eigenvalue weighted by atomic mass is 15.2. The summed E-state index contributed by atoms with van der Waals surface area (Å²) in [4.78, 5) is 8.13. The third-order valence-electron chi connectivity index (χ3n) is 3.07. The Morgan fingerprint density at radius 3 is 2.80 bits per heavy atom. The molecule has 0 saturated carbocycles. The number of H-pyrrole nitrogens is 1. The van der Waals surface area contributed by atoms with E-state index in [-0.39, 0.29) is 0 Å². The van der Waals surface area contributed by atoms with E-state index in [1.54, 1.807) is 12.5 Å². The first kappa shape index (κ1) is 12.6. The average Bonchev–Trinajstić information content (AvgIpc) is 3.17. The molecule has 0 aliphatic rings. The molecular weight excluding hydrogens is 252 g/mol. The molecule has 0 amide bonds. The van der Waals surface area contributed by atoms with Gasteiger partial charge in [0.05, 0.1) is 6.33 Å². The number of hydrogen-bond donors (Lipinski definition) is 2. The van der Waals surface area contributed by atoms with Gasteiger partial charge in [-0.05, 0) is 17.7 Å². The summed E-state index contributed by atoms with van der Waals surface area (Å²) in [7, 11) is 0. The van der Waals surface area contributed by atoms with Crippen molar-refractivity contribution in [3.8, 4) is 5.69 Å². The van der Waals surface area contributed by atoms with Crippen LogP contribution in [0.25, 0.3) is 5.69 Å². The van der Waals surface area contributed by atoms with Crippen molar-refractivity contribution in [3.63, 3.8) is 0 Å². The first-order valence-corrected chi connectivity index (χ1v) is 6.54. The zero-order valence-corrected chi connectivity index (χ0v) is 11.0. The van der Waals surface area contributed by atoms with Crippen LogP contribution < -0.4 is 5.32 Å². The number of imidazole rings is 1. The molecule has 3 aromatic rings. The number of aromatic amines is 1. The van der Waals surface area contributed by atoms with Crippen LogP contribution in [0.15, 0.2) is 49.3 Å². The predicted molar refractivity (Wildman–Crippen MR) is 75.4 cm³/mol. The lowest BCUT2D eigenvalue weighted by molar-refractivity contribution is 0.671. The lowest BCUT2D eigenvalue weighted by Gasteiger charge is -2.06. The van der Waals surface area contributed by atoms with Gasteiger partial charge in [0.25, 0.3) is 0 Å².